The summed E-state index contributed by atoms with van der Waals surface area (Å²) in [7, 11) is -3.07. The molecule has 1 fully saturated rings. The van der Waals surface area contributed by atoms with E-state index in [1.165, 1.54) is 11.3 Å². The lowest BCUT2D eigenvalue weighted by atomic mass is 10.1. The van der Waals surface area contributed by atoms with Gasteiger partial charge in [0.15, 0.2) is 9.84 Å². The second kappa shape index (κ2) is 6.29. The number of ether oxygens (including phenoxy) is 1. The van der Waals surface area contributed by atoms with Crippen LogP contribution >= 0.6 is 11.3 Å². The Kier molecular flexibility index (Phi) is 4.36. The van der Waals surface area contributed by atoms with Crippen LogP contribution in [0.25, 0.3) is 0 Å². The van der Waals surface area contributed by atoms with Crippen LogP contribution in [0, 0.1) is 0 Å². The second-order valence-electron chi connectivity index (χ2n) is 5.21. The number of likely N-dealkylation sites (tertiary alicyclic amines) is 1. The molecule has 1 aromatic carbocycles. The largest absolute Gasteiger partial charge is 0.431 e. The predicted molar refractivity (Wildman–Crippen MR) is 87.8 cm³/mol. The fourth-order valence-electron chi connectivity index (χ4n) is 2.28. The average Bonchev–Trinajstić information content (AvgIpc) is 2.99. The maximum Gasteiger partial charge on any atom is 0.278 e. The van der Waals surface area contributed by atoms with Gasteiger partial charge in [-0.05, 0) is 24.3 Å². The first-order valence-electron chi connectivity index (χ1n) is 7.18. The number of thiazole rings is 1. The smallest absolute Gasteiger partial charge is 0.278 e. The molecule has 8 heteroatoms. The van der Waals surface area contributed by atoms with Crippen LogP contribution in [0.3, 0.4) is 0 Å². The van der Waals surface area contributed by atoms with Crippen molar-refractivity contribution in [1.29, 1.82) is 0 Å². The third kappa shape index (κ3) is 3.37. The van der Waals surface area contributed by atoms with Gasteiger partial charge in [-0.15, -0.1) is 0 Å². The zero-order valence-electron chi connectivity index (χ0n) is 12.5. The first-order valence-corrected chi connectivity index (χ1v) is 9.77. The molecule has 2 aromatic rings. The van der Waals surface area contributed by atoms with Crippen LogP contribution < -0.4 is 4.74 Å². The van der Waals surface area contributed by atoms with Gasteiger partial charge in [0.2, 0.25) is 0 Å². The Morgan fingerprint density at radius 1 is 1.35 bits per heavy atom. The molecule has 0 spiro atoms. The van der Waals surface area contributed by atoms with Crippen molar-refractivity contribution in [2.45, 2.75) is 12.2 Å². The first-order chi connectivity index (χ1) is 11.0. The molecule has 0 aliphatic carbocycles. The molecule has 1 aromatic heterocycles. The standard InChI is InChI=1S/C15H16N2O4S2/c1-2-23(19,20)13-9-17(10-13)14(18)11-3-5-12(6-4-11)21-15-16-7-8-22-15/h3-8,13H,2,9-10H2,1H3. The fraction of sp³-hybridized carbons (Fsp3) is 0.333. The SMILES string of the molecule is CCS(=O)(=O)C1CN(C(=O)c2ccc(Oc3nccs3)cc2)C1. The molecule has 0 saturated carbocycles. The van der Waals surface area contributed by atoms with Gasteiger partial charge in [0.1, 0.15) is 5.75 Å². The average molecular weight is 352 g/mol. The minimum absolute atomic E-state index is 0.114. The van der Waals surface area contributed by atoms with Gasteiger partial charge < -0.3 is 9.64 Å². The maximum absolute atomic E-state index is 12.3. The maximum atomic E-state index is 12.3. The van der Waals surface area contributed by atoms with Crippen LogP contribution in [0.15, 0.2) is 35.8 Å². The van der Waals surface area contributed by atoms with E-state index in [1.54, 1.807) is 42.3 Å². The molecule has 0 atom stereocenters. The summed E-state index contributed by atoms with van der Waals surface area (Å²) in [6.07, 6.45) is 1.66. The van der Waals surface area contributed by atoms with Crippen molar-refractivity contribution in [3.05, 3.63) is 41.4 Å². The van der Waals surface area contributed by atoms with Gasteiger partial charge in [0.05, 0.1) is 5.25 Å². The predicted octanol–water partition coefficient (Wildman–Crippen LogP) is 2.19. The van der Waals surface area contributed by atoms with Crippen molar-refractivity contribution in [2.24, 2.45) is 0 Å². The van der Waals surface area contributed by atoms with E-state index in [1.807, 2.05) is 5.38 Å². The highest BCUT2D eigenvalue weighted by atomic mass is 32.2. The Morgan fingerprint density at radius 3 is 2.61 bits per heavy atom. The Morgan fingerprint density at radius 2 is 2.04 bits per heavy atom. The van der Waals surface area contributed by atoms with Gasteiger partial charge in [-0.1, -0.05) is 18.3 Å². The van der Waals surface area contributed by atoms with E-state index in [0.29, 0.717) is 16.5 Å². The minimum Gasteiger partial charge on any atom is -0.431 e. The van der Waals surface area contributed by atoms with Gasteiger partial charge in [-0.25, -0.2) is 13.4 Å². The monoisotopic (exact) mass is 352 g/mol. The molecule has 122 valence electrons. The third-order valence-electron chi connectivity index (χ3n) is 3.76. The third-order valence-corrected chi connectivity index (χ3v) is 6.53. The van der Waals surface area contributed by atoms with Crippen LogP contribution in [0.1, 0.15) is 17.3 Å². The number of carbonyl (C=O) groups excluding carboxylic acids is 1. The molecule has 3 rings (SSSR count). The molecule has 1 aliphatic rings. The minimum atomic E-state index is -3.07. The first kappa shape index (κ1) is 15.9. The van der Waals surface area contributed by atoms with E-state index in [9.17, 15) is 13.2 Å². The van der Waals surface area contributed by atoms with Crippen molar-refractivity contribution >= 4 is 27.1 Å². The highest BCUT2D eigenvalue weighted by Gasteiger charge is 2.38. The number of amides is 1. The Bertz CT molecular complexity index is 779. The van der Waals surface area contributed by atoms with E-state index in [2.05, 4.69) is 4.98 Å². The zero-order chi connectivity index (χ0) is 16.4. The van der Waals surface area contributed by atoms with Gasteiger partial charge in [0.25, 0.3) is 11.1 Å². The van der Waals surface area contributed by atoms with Crippen LogP contribution in [0.5, 0.6) is 10.9 Å². The fourth-order valence-corrected chi connectivity index (χ4v) is 4.07. The van der Waals surface area contributed by atoms with E-state index in [0.717, 1.165) is 0 Å². The molecular weight excluding hydrogens is 336 g/mol. The van der Waals surface area contributed by atoms with Gasteiger partial charge in [-0.3, -0.25) is 4.79 Å². The molecule has 2 heterocycles. The summed E-state index contributed by atoms with van der Waals surface area (Å²) in [6, 6.07) is 6.75. The number of carbonyl (C=O) groups is 1. The van der Waals surface area contributed by atoms with Gasteiger partial charge in [-0.2, -0.15) is 0 Å². The quantitative estimate of drug-likeness (QED) is 0.824. The summed E-state index contributed by atoms with van der Waals surface area (Å²) in [5, 5.41) is 1.93. The summed E-state index contributed by atoms with van der Waals surface area (Å²) in [5.74, 6) is 0.558. The summed E-state index contributed by atoms with van der Waals surface area (Å²) in [6.45, 7) is 2.17. The molecule has 0 radical (unpaired) electrons. The molecule has 0 N–H and O–H groups in total. The Hall–Kier alpha value is -1.93. The van der Waals surface area contributed by atoms with Crippen LogP contribution in [0.2, 0.25) is 0 Å². The highest BCUT2D eigenvalue weighted by Crippen LogP contribution is 2.25. The highest BCUT2D eigenvalue weighted by molar-refractivity contribution is 7.92. The number of hydrogen-bond donors (Lipinski definition) is 0. The summed E-state index contributed by atoms with van der Waals surface area (Å²) < 4.78 is 29.0. The lowest BCUT2D eigenvalue weighted by Gasteiger charge is -2.38. The van der Waals surface area contributed by atoms with Crippen LogP contribution in [-0.2, 0) is 9.84 Å². The Balaban J connectivity index is 1.61. The molecule has 1 saturated heterocycles. The number of benzene rings is 1. The topological polar surface area (TPSA) is 76.6 Å². The van der Waals surface area contributed by atoms with Gasteiger partial charge >= 0.3 is 0 Å². The van der Waals surface area contributed by atoms with Crippen molar-refractivity contribution in [3.63, 3.8) is 0 Å². The van der Waals surface area contributed by atoms with Gasteiger partial charge in [0, 0.05) is 36.0 Å². The van der Waals surface area contributed by atoms with E-state index in [-0.39, 0.29) is 24.7 Å². The van der Waals surface area contributed by atoms with Crippen LogP contribution in [-0.4, -0.2) is 48.3 Å². The molecule has 1 aliphatic heterocycles. The zero-order valence-corrected chi connectivity index (χ0v) is 14.1. The van der Waals surface area contributed by atoms with Crippen molar-refractivity contribution in [2.75, 3.05) is 18.8 Å². The van der Waals surface area contributed by atoms with Crippen molar-refractivity contribution < 1.29 is 17.9 Å². The molecule has 0 bridgehead atoms. The lowest BCUT2D eigenvalue weighted by Crippen LogP contribution is -2.57. The number of aromatic nitrogens is 1. The molecule has 0 unspecified atom stereocenters. The normalized spacial score (nSPS) is 15.3. The van der Waals surface area contributed by atoms with E-state index < -0.39 is 15.1 Å². The van der Waals surface area contributed by atoms with Crippen molar-refractivity contribution in [1.82, 2.24) is 9.88 Å². The molecule has 1 amide bonds. The summed E-state index contributed by atoms with van der Waals surface area (Å²) in [4.78, 5) is 17.9. The number of hydrogen-bond acceptors (Lipinski definition) is 6. The summed E-state index contributed by atoms with van der Waals surface area (Å²) in [5.41, 5.74) is 0.517. The van der Waals surface area contributed by atoms with Crippen molar-refractivity contribution in [3.8, 4) is 10.9 Å². The summed E-state index contributed by atoms with van der Waals surface area (Å²) >= 11 is 1.39. The number of nitrogens with zero attached hydrogens (tertiary/aromatic N) is 2. The molecular formula is C15H16N2O4S2. The van der Waals surface area contributed by atoms with E-state index in [4.69, 9.17) is 4.74 Å². The number of sulfone groups is 1. The second-order valence-corrected chi connectivity index (χ2v) is 8.63. The van der Waals surface area contributed by atoms with E-state index >= 15 is 0 Å². The molecule has 6 nitrogen and oxygen atoms in total. The Labute approximate surface area is 138 Å². The van der Waals surface area contributed by atoms with Crippen LogP contribution in [0.4, 0.5) is 0 Å². The molecule has 23 heavy (non-hydrogen) atoms. The lowest BCUT2D eigenvalue weighted by molar-refractivity contribution is 0.0659. The number of rotatable bonds is 5.